The average Bonchev–Trinajstić information content (AvgIpc) is 2.20. The Hall–Kier alpha value is -1.49. The molecule has 0 unspecified atom stereocenters. The third kappa shape index (κ3) is 2.50. The average molecular weight is 231 g/mol. The van der Waals surface area contributed by atoms with Gasteiger partial charge in [0.05, 0.1) is 12.1 Å². The first kappa shape index (κ1) is 11.6. The van der Waals surface area contributed by atoms with Crippen LogP contribution in [0.25, 0.3) is 0 Å². The number of carboxylic acid groups (broad SMARTS) is 1. The van der Waals surface area contributed by atoms with E-state index in [1.807, 2.05) is 6.92 Å². The number of carbonyl (C=O) groups is 1. The zero-order valence-electron chi connectivity index (χ0n) is 8.37. The number of hydrogen-bond acceptors (Lipinski definition) is 4. The third-order valence-corrected chi connectivity index (χ3v) is 2.00. The van der Waals surface area contributed by atoms with Crippen LogP contribution in [-0.2, 0) is 0 Å². The quantitative estimate of drug-likeness (QED) is 0.826. The molecule has 0 fully saturated rings. The number of aromatic nitrogens is 1. The predicted molar refractivity (Wildman–Crippen MR) is 56.9 cm³/mol. The van der Waals surface area contributed by atoms with Crippen molar-refractivity contribution in [2.75, 3.05) is 19.0 Å². The number of rotatable bonds is 4. The van der Waals surface area contributed by atoms with E-state index in [1.165, 1.54) is 13.2 Å². The van der Waals surface area contributed by atoms with Gasteiger partial charge >= 0.3 is 5.97 Å². The molecule has 2 N–H and O–H groups in total. The lowest BCUT2D eigenvalue weighted by molar-refractivity contribution is 0.0692. The van der Waals surface area contributed by atoms with Gasteiger partial charge < -0.3 is 15.2 Å². The van der Waals surface area contributed by atoms with Crippen molar-refractivity contribution in [2.45, 2.75) is 6.92 Å². The Labute approximate surface area is 92.0 Å². The minimum absolute atomic E-state index is 0.0443. The smallest absolute Gasteiger partial charge is 0.341 e. The Morgan fingerprint density at radius 3 is 2.87 bits per heavy atom. The SMILES string of the molecule is CCNc1nc(OC)c(C(=O)O)cc1Cl. The van der Waals surface area contributed by atoms with Gasteiger partial charge in [-0.2, -0.15) is 4.98 Å². The summed E-state index contributed by atoms with van der Waals surface area (Å²) in [6.45, 7) is 2.53. The molecule has 0 radical (unpaired) electrons. The van der Waals surface area contributed by atoms with Gasteiger partial charge in [-0.3, -0.25) is 0 Å². The number of carboxylic acids is 1. The summed E-state index contributed by atoms with van der Waals surface area (Å²) in [5.74, 6) is -0.659. The fourth-order valence-corrected chi connectivity index (χ4v) is 1.29. The summed E-state index contributed by atoms with van der Waals surface area (Å²) in [5, 5.41) is 12.0. The van der Waals surface area contributed by atoms with Crippen LogP contribution >= 0.6 is 11.6 Å². The Morgan fingerprint density at radius 2 is 2.40 bits per heavy atom. The molecule has 82 valence electrons. The molecule has 0 aliphatic heterocycles. The number of methoxy groups -OCH3 is 1. The highest BCUT2D eigenvalue weighted by molar-refractivity contribution is 6.33. The number of hydrogen-bond donors (Lipinski definition) is 2. The van der Waals surface area contributed by atoms with E-state index >= 15 is 0 Å². The molecule has 0 spiro atoms. The zero-order chi connectivity index (χ0) is 11.4. The van der Waals surface area contributed by atoms with Crippen LogP contribution in [0, 0.1) is 0 Å². The molecule has 0 saturated heterocycles. The summed E-state index contributed by atoms with van der Waals surface area (Å²) in [6, 6.07) is 1.31. The van der Waals surface area contributed by atoms with Crippen molar-refractivity contribution in [2.24, 2.45) is 0 Å². The van der Waals surface area contributed by atoms with Crippen molar-refractivity contribution < 1.29 is 14.6 Å². The van der Waals surface area contributed by atoms with Gasteiger partial charge in [-0.1, -0.05) is 11.6 Å². The number of halogens is 1. The Bertz CT molecular complexity index is 382. The van der Waals surface area contributed by atoms with E-state index < -0.39 is 5.97 Å². The van der Waals surface area contributed by atoms with Crippen LogP contribution in [0.2, 0.25) is 5.02 Å². The summed E-state index contributed by atoms with van der Waals surface area (Å²) in [4.78, 5) is 14.8. The minimum atomic E-state index is -1.12. The van der Waals surface area contributed by atoms with Gasteiger partial charge in [0.1, 0.15) is 11.4 Å². The van der Waals surface area contributed by atoms with Crippen LogP contribution in [0.3, 0.4) is 0 Å². The molecule has 15 heavy (non-hydrogen) atoms. The normalized spacial score (nSPS) is 9.80. The van der Waals surface area contributed by atoms with Gasteiger partial charge in [-0.25, -0.2) is 4.79 Å². The van der Waals surface area contributed by atoms with E-state index in [4.69, 9.17) is 21.4 Å². The van der Waals surface area contributed by atoms with E-state index in [-0.39, 0.29) is 16.5 Å². The molecule has 0 saturated carbocycles. The first-order valence-corrected chi connectivity index (χ1v) is 4.69. The fourth-order valence-electron chi connectivity index (χ4n) is 1.07. The van der Waals surface area contributed by atoms with Crippen LogP contribution < -0.4 is 10.1 Å². The molecule has 0 aliphatic carbocycles. The Kier molecular flexibility index (Phi) is 3.74. The molecule has 5 nitrogen and oxygen atoms in total. The number of nitrogens with zero attached hydrogens (tertiary/aromatic N) is 1. The van der Waals surface area contributed by atoms with Crippen LogP contribution in [-0.4, -0.2) is 29.7 Å². The van der Waals surface area contributed by atoms with Gasteiger partial charge in [-0.15, -0.1) is 0 Å². The highest BCUT2D eigenvalue weighted by Crippen LogP contribution is 2.26. The second kappa shape index (κ2) is 4.84. The molecule has 0 aliphatic rings. The molecule has 1 rings (SSSR count). The third-order valence-electron chi connectivity index (χ3n) is 1.71. The minimum Gasteiger partial charge on any atom is -0.480 e. The Morgan fingerprint density at radius 1 is 1.73 bits per heavy atom. The first-order valence-electron chi connectivity index (χ1n) is 4.31. The molecule has 6 heteroatoms. The summed E-state index contributed by atoms with van der Waals surface area (Å²) < 4.78 is 4.86. The first-order chi connectivity index (χ1) is 7.10. The van der Waals surface area contributed by atoms with Gasteiger partial charge in [0.25, 0.3) is 0 Å². The van der Waals surface area contributed by atoms with E-state index in [0.717, 1.165) is 0 Å². The van der Waals surface area contributed by atoms with Gasteiger partial charge in [0.15, 0.2) is 0 Å². The molecule has 0 bridgehead atoms. The lowest BCUT2D eigenvalue weighted by atomic mass is 10.2. The second-order valence-electron chi connectivity index (χ2n) is 2.71. The van der Waals surface area contributed by atoms with Crippen LogP contribution in [0.15, 0.2) is 6.07 Å². The van der Waals surface area contributed by atoms with Crippen molar-refractivity contribution >= 4 is 23.4 Å². The van der Waals surface area contributed by atoms with E-state index in [9.17, 15) is 4.79 Å². The molecule has 0 amide bonds. The lowest BCUT2D eigenvalue weighted by Gasteiger charge is -2.09. The van der Waals surface area contributed by atoms with Crippen LogP contribution in [0.1, 0.15) is 17.3 Å². The molecule has 0 atom stereocenters. The number of pyridine rings is 1. The molecule has 0 aromatic carbocycles. The lowest BCUT2D eigenvalue weighted by Crippen LogP contribution is -2.06. The van der Waals surface area contributed by atoms with Crippen LogP contribution in [0.5, 0.6) is 5.88 Å². The maximum absolute atomic E-state index is 10.8. The number of aromatic carboxylic acids is 1. The summed E-state index contributed by atoms with van der Waals surface area (Å²) in [6.07, 6.45) is 0. The maximum atomic E-state index is 10.8. The predicted octanol–water partition coefficient (Wildman–Crippen LogP) is 1.87. The van der Waals surface area contributed by atoms with Gasteiger partial charge in [0, 0.05) is 6.54 Å². The number of ether oxygens (including phenoxy) is 1. The molecule has 1 aromatic rings. The fraction of sp³-hybridized carbons (Fsp3) is 0.333. The molecular weight excluding hydrogens is 220 g/mol. The number of nitrogens with one attached hydrogen (secondary N) is 1. The van der Waals surface area contributed by atoms with E-state index in [1.54, 1.807) is 0 Å². The summed E-state index contributed by atoms with van der Waals surface area (Å²) in [7, 11) is 1.36. The summed E-state index contributed by atoms with van der Waals surface area (Å²) >= 11 is 5.84. The zero-order valence-corrected chi connectivity index (χ0v) is 9.13. The van der Waals surface area contributed by atoms with Gasteiger partial charge in [0.2, 0.25) is 5.88 Å². The largest absolute Gasteiger partial charge is 0.480 e. The second-order valence-corrected chi connectivity index (χ2v) is 3.12. The molecule has 1 heterocycles. The van der Waals surface area contributed by atoms with Crippen LogP contribution in [0.4, 0.5) is 5.82 Å². The molecule has 1 aromatic heterocycles. The highest BCUT2D eigenvalue weighted by Gasteiger charge is 2.16. The highest BCUT2D eigenvalue weighted by atomic mass is 35.5. The topological polar surface area (TPSA) is 71.5 Å². The summed E-state index contributed by atoms with van der Waals surface area (Å²) in [5.41, 5.74) is -0.0517. The Balaban J connectivity index is 3.22. The van der Waals surface area contributed by atoms with E-state index in [2.05, 4.69) is 10.3 Å². The number of anilines is 1. The van der Waals surface area contributed by atoms with Crippen molar-refractivity contribution in [3.8, 4) is 5.88 Å². The van der Waals surface area contributed by atoms with E-state index in [0.29, 0.717) is 12.4 Å². The molecular formula is C9H11ClN2O3. The van der Waals surface area contributed by atoms with Crippen molar-refractivity contribution in [1.82, 2.24) is 4.98 Å². The maximum Gasteiger partial charge on any atom is 0.341 e. The van der Waals surface area contributed by atoms with Crippen molar-refractivity contribution in [1.29, 1.82) is 0 Å². The standard InChI is InChI=1S/C9H11ClN2O3/c1-3-11-7-6(10)4-5(9(13)14)8(12-7)15-2/h4H,3H2,1-2H3,(H,11,12)(H,13,14). The van der Waals surface area contributed by atoms with Crippen molar-refractivity contribution in [3.05, 3.63) is 16.7 Å². The van der Waals surface area contributed by atoms with Gasteiger partial charge in [-0.05, 0) is 13.0 Å². The van der Waals surface area contributed by atoms with Crippen molar-refractivity contribution in [3.63, 3.8) is 0 Å². The monoisotopic (exact) mass is 230 g/mol.